The summed E-state index contributed by atoms with van der Waals surface area (Å²) >= 11 is 0. The van der Waals surface area contributed by atoms with E-state index in [0.29, 0.717) is 0 Å². The van der Waals surface area contributed by atoms with Crippen molar-refractivity contribution >= 4 is 18.2 Å². The Morgan fingerprint density at radius 2 is 1.84 bits per heavy atom. The lowest BCUT2D eigenvalue weighted by molar-refractivity contribution is -0.183. The first-order valence-electron chi connectivity index (χ1n) is 5.66. The Morgan fingerprint density at radius 3 is 2.21 bits per heavy atom. The summed E-state index contributed by atoms with van der Waals surface area (Å²) in [5.41, 5.74) is 0. The fraction of sp³-hybridized carbons (Fsp3) is 0.727. The van der Waals surface area contributed by atoms with Crippen LogP contribution in [-0.4, -0.2) is 64.6 Å². The summed E-state index contributed by atoms with van der Waals surface area (Å²) in [5, 5.41) is 27.7. The van der Waals surface area contributed by atoms with Crippen molar-refractivity contribution in [1.29, 1.82) is 0 Å². The molecule has 3 N–H and O–H groups in total. The van der Waals surface area contributed by atoms with E-state index in [1.54, 1.807) is 0 Å². The van der Waals surface area contributed by atoms with Gasteiger partial charge in [0.05, 0.1) is 6.61 Å². The third-order valence-corrected chi connectivity index (χ3v) is 2.23. The third kappa shape index (κ3) is 5.77. The van der Waals surface area contributed by atoms with E-state index >= 15 is 0 Å². The van der Waals surface area contributed by atoms with E-state index in [2.05, 4.69) is 4.74 Å². The highest BCUT2D eigenvalue weighted by Gasteiger charge is 2.37. The topological polar surface area (TPSA) is 130 Å². The van der Waals surface area contributed by atoms with Crippen LogP contribution in [0.5, 0.6) is 0 Å². The van der Waals surface area contributed by atoms with Crippen molar-refractivity contribution in [3.05, 3.63) is 0 Å². The Balaban J connectivity index is 5.05. The first-order chi connectivity index (χ1) is 8.87. The van der Waals surface area contributed by atoms with Crippen LogP contribution in [0.2, 0.25) is 0 Å². The Labute approximate surface area is 109 Å². The second kappa shape index (κ2) is 8.57. The molecule has 0 bridgehead atoms. The molecular weight excluding hydrogens is 260 g/mol. The van der Waals surface area contributed by atoms with Gasteiger partial charge in [-0.05, 0) is 0 Å². The van der Waals surface area contributed by atoms with Gasteiger partial charge >= 0.3 is 11.9 Å². The first-order valence-corrected chi connectivity index (χ1v) is 5.66. The van der Waals surface area contributed by atoms with Crippen LogP contribution in [0.4, 0.5) is 0 Å². The maximum Gasteiger partial charge on any atom is 0.306 e. The summed E-state index contributed by atoms with van der Waals surface area (Å²) in [6, 6.07) is 0. The largest absolute Gasteiger partial charge is 0.455 e. The standard InChI is InChI=1S/C11H18O8/c1-3-9(16)19-11(10(17)7(15)4-12)8(5-13)18-6(2)14/h5,7-8,10-12,15,17H,3-4H2,1-2H3/t7-,8+,10-,11-/m1/s1. The maximum absolute atomic E-state index is 11.2. The molecule has 19 heavy (non-hydrogen) atoms. The van der Waals surface area contributed by atoms with Gasteiger partial charge in [-0.1, -0.05) is 6.92 Å². The number of aliphatic hydroxyl groups excluding tert-OH is 3. The fourth-order valence-electron chi connectivity index (χ4n) is 1.26. The van der Waals surface area contributed by atoms with Gasteiger partial charge in [0.25, 0.3) is 0 Å². The van der Waals surface area contributed by atoms with Gasteiger partial charge in [0.1, 0.15) is 12.2 Å². The molecule has 0 aromatic heterocycles. The SMILES string of the molecule is CCC(=O)O[C@@H]([C@H](O)[C@H](O)CO)[C@H](C=O)OC(C)=O. The van der Waals surface area contributed by atoms with Crippen molar-refractivity contribution in [2.75, 3.05) is 6.61 Å². The van der Waals surface area contributed by atoms with E-state index in [1.165, 1.54) is 6.92 Å². The Hall–Kier alpha value is -1.51. The van der Waals surface area contributed by atoms with Gasteiger partial charge in [-0.25, -0.2) is 0 Å². The molecule has 0 spiro atoms. The predicted octanol–water partition coefficient (Wildman–Crippen LogP) is -1.85. The van der Waals surface area contributed by atoms with Gasteiger partial charge in [0.15, 0.2) is 18.5 Å². The normalized spacial score (nSPS) is 16.9. The van der Waals surface area contributed by atoms with Crippen molar-refractivity contribution in [3.8, 4) is 0 Å². The van der Waals surface area contributed by atoms with Crippen LogP contribution in [0.15, 0.2) is 0 Å². The molecule has 0 aliphatic rings. The van der Waals surface area contributed by atoms with E-state index < -0.39 is 43.0 Å². The van der Waals surface area contributed by atoms with Crippen LogP contribution < -0.4 is 0 Å². The Bertz CT molecular complexity index is 316. The maximum atomic E-state index is 11.2. The summed E-state index contributed by atoms with van der Waals surface area (Å²) < 4.78 is 9.36. The lowest BCUT2D eigenvalue weighted by atomic mass is 10.0. The van der Waals surface area contributed by atoms with Crippen molar-refractivity contribution in [1.82, 2.24) is 0 Å². The fourth-order valence-corrected chi connectivity index (χ4v) is 1.26. The van der Waals surface area contributed by atoms with Crippen LogP contribution in [0.3, 0.4) is 0 Å². The van der Waals surface area contributed by atoms with Crippen LogP contribution in [-0.2, 0) is 23.9 Å². The van der Waals surface area contributed by atoms with E-state index in [-0.39, 0.29) is 12.7 Å². The molecule has 0 rings (SSSR count). The van der Waals surface area contributed by atoms with E-state index in [9.17, 15) is 24.6 Å². The second-order valence-corrected chi connectivity index (χ2v) is 3.76. The smallest absolute Gasteiger partial charge is 0.306 e. The summed E-state index contributed by atoms with van der Waals surface area (Å²) in [6.07, 6.45) is -6.44. The minimum atomic E-state index is -1.77. The zero-order valence-electron chi connectivity index (χ0n) is 10.7. The third-order valence-electron chi connectivity index (χ3n) is 2.23. The van der Waals surface area contributed by atoms with E-state index in [0.717, 1.165) is 6.92 Å². The lowest BCUT2D eigenvalue weighted by Crippen LogP contribution is -2.50. The molecule has 0 aliphatic heterocycles. The van der Waals surface area contributed by atoms with E-state index in [1.807, 2.05) is 0 Å². The summed E-state index contributed by atoms with van der Waals surface area (Å²) in [7, 11) is 0. The van der Waals surface area contributed by atoms with Crippen LogP contribution in [0.1, 0.15) is 20.3 Å². The van der Waals surface area contributed by atoms with Gasteiger partial charge in [0, 0.05) is 13.3 Å². The number of rotatable bonds is 8. The number of hydrogen-bond donors (Lipinski definition) is 3. The van der Waals surface area contributed by atoms with Crippen molar-refractivity contribution in [2.45, 2.75) is 44.7 Å². The minimum Gasteiger partial charge on any atom is -0.455 e. The zero-order chi connectivity index (χ0) is 15.0. The predicted molar refractivity (Wildman–Crippen MR) is 60.9 cm³/mol. The number of esters is 2. The van der Waals surface area contributed by atoms with Gasteiger partial charge in [0.2, 0.25) is 0 Å². The van der Waals surface area contributed by atoms with Gasteiger partial charge in [-0.3, -0.25) is 14.4 Å². The molecule has 0 amide bonds. The highest BCUT2D eigenvalue weighted by atomic mass is 16.6. The number of ether oxygens (including phenoxy) is 2. The highest BCUT2D eigenvalue weighted by molar-refractivity contribution is 5.72. The van der Waals surface area contributed by atoms with Crippen LogP contribution in [0.25, 0.3) is 0 Å². The first kappa shape index (κ1) is 17.5. The molecule has 0 saturated carbocycles. The number of aldehydes is 1. The van der Waals surface area contributed by atoms with E-state index in [4.69, 9.17) is 9.84 Å². The van der Waals surface area contributed by atoms with Crippen LogP contribution in [0, 0.1) is 0 Å². The average molecular weight is 278 g/mol. The highest BCUT2D eigenvalue weighted by Crippen LogP contribution is 2.13. The molecule has 0 heterocycles. The molecule has 0 fully saturated rings. The molecule has 4 atom stereocenters. The van der Waals surface area contributed by atoms with Crippen molar-refractivity contribution in [3.63, 3.8) is 0 Å². The van der Waals surface area contributed by atoms with Gasteiger partial charge in [-0.2, -0.15) is 0 Å². The molecule has 0 radical (unpaired) electrons. The summed E-state index contributed by atoms with van der Waals surface area (Å²) in [5.74, 6) is -1.58. The number of aliphatic hydroxyl groups is 3. The molecule has 8 nitrogen and oxygen atoms in total. The van der Waals surface area contributed by atoms with Crippen molar-refractivity contribution < 1.29 is 39.2 Å². The summed E-state index contributed by atoms with van der Waals surface area (Å²) in [4.78, 5) is 32.9. The molecule has 0 saturated heterocycles. The zero-order valence-corrected chi connectivity index (χ0v) is 10.7. The summed E-state index contributed by atoms with van der Waals surface area (Å²) in [6.45, 7) is 1.70. The van der Waals surface area contributed by atoms with Gasteiger partial charge < -0.3 is 24.8 Å². The minimum absolute atomic E-state index is 0.0376. The number of carbonyl (C=O) groups excluding carboxylic acids is 3. The average Bonchev–Trinajstić information content (AvgIpc) is 2.40. The van der Waals surface area contributed by atoms with Crippen molar-refractivity contribution in [2.24, 2.45) is 0 Å². The molecule has 0 aliphatic carbocycles. The quantitative estimate of drug-likeness (QED) is 0.348. The molecule has 8 heteroatoms. The number of carbonyl (C=O) groups is 3. The Morgan fingerprint density at radius 1 is 1.26 bits per heavy atom. The van der Waals surface area contributed by atoms with Gasteiger partial charge in [-0.15, -0.1) is 0 Å². The second-order valence-electron chi connectivity index (χ2n) is 3.76. The van der Waals surface area contributed by atoms with Crippen LogP contribution >= 0.6 is 0 Å². The number of hydrogen-bond acceptors (Lipinski definition) is 8. The molecule has 0 aromatic carbocycles. The molecular formula is C11H18O8. The monoisotopic (exact) mass is 278 g/mol. The lowest BCUT2D eigenvalue weighted by Gasteiger charge is -2.28. The Kier molecular flexibility index (Phi) is 7.89. The molecule has 110 valence electrons. The molecule has 0 aromatic rings. The molecule has 0 unspecified atom stereocenters.